The highest BCUT2D eigenvalue weighted by Crippen LogP contribution is 2.39. The van der Waals surface area contributed by atoms with Crippen molar-refractivity contribution in [3.8, 4) is 0 Å². The first kappa shape index (κ1) is 13.0. The third kappa shape index (κ3) is 2.87. The average Bonchev–Trinajstić information content (AvgIpc) is 2.75. The van der Waals surface area contributed by atoms with Gasteiger partial charge in [0.1, 0.15) is 5.76 Å². The van der Waals surface area contributed by atoms with Crippen LogP contribution >= 0.6 is 11.8 Å². The molecule has 17 heavy (non-hydrogen) atoms. The second kappa shape index (κ2) is 5.46. The highest BCUT2D eigenvalue weighted by molar-refractivity contribution is 8.00. The number of hydrogen-bond donors (Lipinski definition) is 2. The zero-order valence-electron chi connectivity index (χ0n) is 10.5. The van der Waals surface area contributed by atoms with Gasteiger partial charge in [0.2, 0.25) is 0 Å². The number of likely N-dealkylation sites (N-methyl/N-ethyl adjacent to an activating group) is 1. The number of hydrogen-bond acceptors (Lipinski definition) is 4. The molecule has 0 amide bonds. The summed E-state index contributed by atoms with van der Waals surface area (Å²) in [5, 5.41) is 13.4. The molecule has 1 fully saturated rings. The van der Waals surface area contributed by atoms with Gasteiger partial charge in [-0.15, -0.1) is 11.8 Å². The Morgan fingerprint density at radius 2 is 2.47 bits per heavy atom. The molecule has 2 atom stereocenters. The smallest absolute Gasteiger partial charge is 0.114 e. The molecule has 0 radical (unpaired) electrons. The van der Waals surface area contributed by atoms with E-state index >= 15 is 0 Å². The molecular weight excluding hydrogens is 234 g/mol. The second-order valence-corrected chi connectivity index (χ2v) is 6.21. The number of nitrogens with one attached hydrogen (secondary N) is 1. The van der Waals surface area contributed by atoms with E-state index in [4.69, 9.17) is 4.42 Å². The van der Waals surface area contributed by atoms with Crippen molar-refractivity contribution in [2.75, 3.05) is 13.7 Å². The van der Waals surface area contributed by atoms with Crippen LogP contribution < -0.4 is 5.32 Å². The van der Waals surface area contributed by atoms with Crippen LogP contribution in [0.15, 0.2) is 21.6 Å². The van der Waals surface area contributed by atoms with Crippen molar-refractivity contribution in [3.63, 3.8) is 0 Å². The minimum absolute atomic E-state index is 0.0758. The van der Waals surface area contributed by atoms with Crippen molar-refractivity contribution in [1.82, 2.24) is 5.32 Å². The summed E-state index contributed by atoms with van der Waals surface area (Å²) in [5.74, 6) is 1.000. The lowest BCUT2D eigenvalue weighted by Crippen LogP contribution is -2.50. The van der Waals surface area contributed by atoms with Crippen LogP contribution in [-0.4, -0.2) is 29.5 Å². The summed E-state index contributed by atoms with van der Waals surface area (Å²) in [5.41, 5.74) is -0.0758. The quantitative estimate of drug-likeness (QED) is 0.868. The predicted molar refractivity (Wildman–Crippen MR) is 70.4 cm³/mol. The molecule has 2 N–H and O–H groups in total. The van der Waals surface area contributed by atoms with Crippen LogP contribution in [0.5, 0.6) is 0 Å². The van der Waals surface area contributed by atoms with Crippen LogP contribution in [0.4, 0.5) is 0 Å². The lowest BCUT2D eigenvalue weighted by atomic mass is 9.82. The summed E-state index contributed by atoms with van der Waals surface area (Å²) in [6, 6.07) is 2.04. The lowest BCUT2D eigenvalue weighted by molar-refractivity contribution is 0.131. The number of rotatable bonds is 4. The molecule has 96 valence electrons. The molecule has 1 saturated carbocycles. The number of aliphatic hydroxyl groups is 1. The monoisotopic (exact) mass is 255 g/mol. The number of aryl methyl sites for hydroxylation is 1. The summed E-state index contributed by atoms with van der Waals surface area (Å²) < 4.78 is 5.32. The van der Waals surface area contributed by atoms with Gasteiger partial charge in [-0.2, -0.15) is 0 Å². The van der Waals surface area contributed by atoms with Gasteiger partial charge in [-0.05, 0) is 39.3 Å². The van der Waals surface area contributed by atoms with Gasteiger partial charge in [-0.3, -0.25) is 0 Å². The Balaban J connectivity index is 2.00. The summed E-state index contributed by atoms with van der Waals surface area (Å²) >= 11 is 1.89. The molecule has 0 aromatic carbocycles. The van der Waals surface area contributed by atoms with Gasteiger partial charge in [0.15, 0.2) is 0 Å². The van der Waals surface area contributed by atoms with E-state index < -0.39 is 0 Å². The molecule has 1 aliphatic carbocycles. The van der Waals surface area contributed by atoms with Gasteiger partial charge < -0.3 is 14.8 Å². The van der Waals surface area contributed by atoms with Crippen LogP contribution in [0.2, 0.25) is 0 Å². The number of aliphatic hydroxyl groups excluding tert-OH is 1. The summed E-state index contributed by atoms with van der Waals surface area (Å²) in [7, 11) is 1.95. The minimum atomic E-state index is -0.0758. The zero-order valence-corrected chi connectivity index (χ0v) is 11.3. The third-order valence-corrected chi connectivity index (χ3v) is 5.15. The topological polar surface area (TPSA) is 45.4 Å². The molecule has 1 aromatic heterocycles. The van der Waals surface area contributed by atoms with Gasteiger partial charge in [0, 0.05) is 15.7 Å². The molecule has 0 saturated heterocycles. The molecule has 3 nitrogen and oxygen atoms in total. The van der Waals surface area contributed by atoms with Gasteiger partial charge in [0.25, 0.3) is 0 Å². The second-order valence-electron chi connectivity index (χ2n) is 4.87. The fraction of sp³-hybridized carbons (Fsp3) is 0.692. The lowest BCUT2D eigenvalue weighted by Gasteiger charge is -2.39. The molecule has 0 bridgehead atoms. The summed E-state index contributed by atoms with van der Waals surface area (Å²) in [4.78, 5) is 1.24. The fourth-order valence-electron chi connectivity index (χ4n) is 2.53. The molecule has 1 aliphatic rings. The van der Waals surface area contributed by atoms with E-state index in [1.165, 1.54) is 17.7 Å². The molecule has 0 aliphatic heterocycles. The maximum atomic E-state index is 9.55. The Kier molecular flexibility index (Phi) is 4.17. The molecular formula is C13H21NO2S. The predicted octanol–water partition coefficient (Wildman–Crippen LogP) is 2.57. The summed E-state index contributed by atoms with van der Waals surface area (Å²) in [6.07, 6.45) is 6.24. The SMILES string of the molecule is CNC1(CO)CCCC(Sc2ccoc2C)C1. The number of furan rings is 1. The molecule has 0 spiro atoms. The van der Waals surface area contributed by atoms with Gasteiger partial charge in [-0.1, -0.05) is 6.42 Å². The van der Waals surface area contributed by atoms with E-state index in [-0.39, 0.29) is 12.1 Å². The van der Waals surface area contributed by atoms with Crippen LogP contribution in [-0.2, 0) is 0 Å². The summed E-state index contributed by atoms with van der Waals surface area (Å²) in [6.45, 7) is 2.23. The van der Waals surface area contributed by atoms with Crippen LogP contribution in [0, 0.1) is 6.92 Å². The van der Waals surface area contributed by atoms with E-state index in [9.17, 15) is 5.11 Å². The Morgan fingerprint density at radius 1 is 1.65 bits per heavy atom. The zero-order chi connectivity index (χ0) is 12.3. The normalized spacial score (nSPS) is 29.5. The van der Waals surface area contributed by atoms with Crippen LogP contribution in [0.25, 0.3) is 0 Å². The van der Waals surface area contributed by atoms with E-state index in [2.05, 4.69) is 5.32 Å². The molecule has 2 unspecified atom stereocenters. The van der Waals surface area contributed by atoms with Gasteiger partial charge in [-0.25, -0.2) is 0 Å². The van der Waals surface area contributed by atoms with E-state index in [1.807, 2.05) is 31.8 Å². The first-order valence-electron chi connectivity index (χ1n) is 6.20. The van der Waals surface area contributed by atoms with E-state index in [0.717, 1.165) is 18.6 Å². The standard InChI is InChI=1S/C13H21NO2S/c1-10-12(5-7-16-10)17-11-4-3-6-13(8-11,9-15)14-2/h5,7,11,14-15H,3-4,6,8-9H2,1-2H3. The van der Waals surface area contributed by atoms with E-state index in [0.29, 0.717) is 5.25 Å². The maximum absolute atomic E-state index is 9.55. The Morgan fingerprint density at radius 3 is 3.06 bits per heavy atom. The first-order valence-corrected chi connectivity index (χ1v) is 7.07. The molecule has 2 rings (SSSR count). The first-order chi connectivity index (χ1) is 8.19. The third-order valence-electron chi connectivity index (χ3n) is 3.74. The van der Waals surface area contributed by atoms with Crippen molar-refractivity contribution in [2.45, 2.75) is 48.3 Å². The fourth-order valence-corrected chi connectivity index (χ4v) is 3.93. The van der Waals surface area contributed by atoms with Crippen LogP contribution in [0.3, 0.4) is 0 Å². The highest BCUT2D eigenvalue weighted by atomic mass is 32.2. The Bertz CT molecular complexity index is 360. The Labute approximate surface area is 107 Å². The number of thioether (sulfide) groups is 1. The highest BCUT2D eigenvalue weighted by Gasteiger charge is 2.35. The largest absolute Gasteiger partial charge is 0.468 e. The van der Waals surface area contributed by atoms with Crippen molar-refractivity contribution in [1.29, 1.82) is 0 Å². The van der Waals surface area contributed by atoms with Crippen molar-refractivity contribution in [3.05, 3.63) is 18.1 Å². The average molecular weight is 255 g/mol. The maximum Gasteiger partial charge on any atom is 0.114 e. The van der Waals surface area contributed by atoms with E-state index in [1.54, 1.807) is 6.26 Å². The van der Waals surface area contributed by atoms with Crippen LogP contribution in [0.1, 0.15) is 31.4 Å². The minimum Gasteiger partial charge on any atom is -0.468 e. The van der Waals surface area contributed by atoms with Crippen molar-refractivity contribution in [2.24, 2.45) is 0 Å². The van der Waals surface area contributed by atoms with Crippen molar-refractivity contribution >= 4 is 11.8 Å². The van der Waals surface area contributed by atoms with Gasteiger partial charge >= 0.3 is 0 Å². The molecule has 1 aromatic rings. The van der Waals surface area contributed by atoms with Gasteiger partial charge in [0.05, 0.1) is 12.9 Å². The Hall–Kier alpha value is -0.450. The molecule has 4 heteroatoms. The van der Waals surface area contributed by atoms with Crippen molar-refractivity contribution < 1.29 is 9.52 Å². The molecule has 1 heterocycles.